The fourth-order valence-electron chi connectivity index (χ4n) is 3.19. The zero-order valence-corrected chi connectivity index (χ0v) is 18.5. The molecule has 3 nitrogen and oxygen atoms in total. The van der Waals surface area contributed by atoms with Crippen LogP contribution in [0.3, 0.4) is 0 Å². The predicted octanol–water partition coefficient (Wildman–Crippen LogP) is 7.02. The molecule has 1 saturated heterocycles. The summed E-state index contributed by atoms with van der Waals surface area (Å²) in [5.74, 6) is 1.81. The molecule has 2 aromatic rings. The third-order valence-corrected chi connectivity index (χ3v) is 6.48. The molecule has 1 aliphatic heterocycles. The molecule has 0 N–H and O–H groups in total. The smallest absolute Gasteiger partial charge is 0.266 e. The molecule has 148 valence electrons. The number of carbonyl (C=O) groups is 1. The van der Waals surface area contributed by atoms with Gasteiger partial charge in [-0.2, -0.15) is 0 Å². The maximum absolute atomic E-state index is 12.9. The molecule has 6 heteroatoms. The summed E-state index contributed by atoms with van der Waals surface area (Å²) in [5, 5.41) is 0.657. The van der Waals surface area contributed by atoms with Crippen LogP contribution >= 0.6 is 35.6 Å². The van der Waals surface area contributed by atoms with E-state index in [4.69, 9.17) is 28.2 Å². The Morgan fingerprint density at radius 2 is 2.11 bits per heavy atom. The van der Waals surface area contributed by atoms with E-state index in [9.17, 15) is 4.79 Å². The van der Waals surface area contributed by atoms with Crippen LogP contribution in [0.2, 0.25) is 5.02 Å². The molecule has 1 aliphatic rings. The minimum Gasteiger partial charge on any atom is -0.457 e. The van der Waals surface area contributed by atoms with E-state index >= 15 is 0 Å². The van der Waals surface area contributed by atoms with E-state index in [2.05, 4.69) is 13.8 Å². The van der Waals surface area contributed by atoms with E-state index in [0.29, 0.717) is 32.5 Å². The Morgan fingerprint density at radius 1 is 1.29 bits per heavy atom. The van der Waals surface area contributed by atoms with Crippen LogP contribution < -0.4 is 0 Å². The summed E-state index contributed by atoms with van der Waals surface area (Å²) >= 11 is 12.9. The fourth-order valence-corrected chi connectivity index (χ4v) is 4.63. The van der Waals surface area contributed by atoms with Gasteiger partial charge in [-0.15, -0.1) is 0 Å². The van der Waals surface area contributed by atoms with Crippen LogP contribution in [0.25, 0.3) is 17.4 Å². The van der Waals surface area contributed by atoms with Gasteiger partial charge < -0.3 is 4.42 Å². The molecule has 1 amide bonds. The Hall–Kier alpha value is -1.56. The Morgan fingerprint density at radius 3 is 2.82 bits per heavy atom. The van der Waals surface area contributed by atoms with Gasteiger partial charge in [0.05, 0.1) is 4.91 Å². The summed E-state index contributed by atoms with van der Waals surface area (Å²) in [4.78, 5) is 15.2. The first-order chi connectivity index (χ1) is 13.5. The predicted molar refractivity (Wildman–Crippen MR) is 122 cm³/mol. The van der Waals surface area contributed by atoms with Gasteiger partial charge in [0.1, 0.15) is 15.8 Å². The second-order valence-corrected chi connectivity index (χ2v) is 9.03. The first-order valence-electron chi connectivity index (χ1n) is 9.63. The fraction of sp³-hybridized carbons (Fsp3) is 0.364. The van der Waals surface area contributed by atoms with Crippen LogP contribution in [0.4, 0.5) is 0 Å². The van der Waals surface area contributed by atoms with Crippen molar-refractivity contribution < 1.29 is 9.21 Å². The van der Waals surface area contributed by atoms with E-state index < -0.39 is 0 Å². The van der Waals surface area contributed by atoms with Crippen LogP contribution in [-0.2, 0) is 4.79 Å². The summed E-state index contributed by atoms with van der Waals surface area (Å²) in [7, 11) is 0. The van der Waals surface area contributed by atoms with Gasteiger partial charge in [-0.25, -0.2) is 0 Å². The van der Waals surface area contributed by atoms with Gasteiger partial charge in [-0.3, -0.25) is 9.69 Å². The van der Waals surface area contributed by atoms with Crippen molar-refractivity contribution in [2.45, 2.75) is 39.5 Å². The van der Waals surface area contributed by atoms with Gasteiger partial charge in [0, 0.05) is 23.2 Å². The monoisotopic (exact) mass is 433 g/mol. The number of thioether (sulfide) groups is 1. The molecule has 1 fully saturated rings. The molecule has 3 rings (SSSR count). The van der Waals surface area contributed by atoms with Gasteiger partial charge in [-0.1, -0.05) is 80.8 Å². The third-order valence-electron chi connectivity index (χ3n) is 4.87. The quantitative estimate of drug-likeness (QED) is 0.331. The Bertz CT molecular complexity index is 890. The highest BCUT2D eigenvalue weighted by Gasteiger charge is 2.33. The van der Waals surface area contributed by atoms with Crippen LogP contribution in [0.15, 0.2) is 45.7 Å². The summed E-state index contributed by atoms with van der Waals surface area (Å²) in [6.45, 7) is 5.06. The summed E-state index contributed by atoms with van der Waals surface area (Å²) in [5.41, 5.74) is 0.904. The Kier molecular flexibility index (Phi) is 7.38. The van der Waals surface area contributed by atoms with Gasteiger partial charge in [0.25, 0.3) is 5.91 Å². The highest BCUT2D eigenvalue weighted by Crippen LogP contribution is 2.35. The van der Waals surface area contributed by atoms with Crippen molar-refractivity contribution in [1.82, 2.24) is 4.90 Å². The van der Waals surface area contributed by atoms with Gasteiger partial charge >= 0.3 is 0 Å². The second-order valence-electron chi connectivity index (χ2n) is 6.92. The van der Waals surface area contributed by atoms with Crippen molar-refractivity contribution in [1.29, 1.82) is 0 Å². The standard InChI is InChI=1S/C22H24ClNO2S2/c1-3-5-7-15(4-2)14-24-21(25)20(28-22(24)27)13-18-10-11-19(26-18)16-8-6-9-17(23)12-16/h6,8-13,15H,3-5,7,14H2,1-2H3/b20-13+. The maximum Gasteiger partial charge on any atom is 0.266 e. The number of carbonyl (C=O) groups excluding carboxylic acids is 1. The van der Waals surface area contributed by atoms with E-state index in [1.165, 1.54) is 24.6 Å². The van der Waals surface area contributed by atoms with Crippen molar-refractivity contribution >= 4 is 51.9 Å². The number of amides is 1. The number of hydrogen-bond donors (Lipinski definition) is 0. The number of thiocarbonyl (C=S) groups is 1. The summed E-state index contributed by atoms with van der Waals surface area (Å²) in [6, 6.07) is 11.2. The maximum atomic E-state index is 12.9. The molecule has 0 bridgehead atoms. The SMILES string of the molecule is CCCCC(CC)CN1C(=O)/C(=C\c2ccc(-c3cccc(Cl)c3)o2)SC1=S. The van der Waals surface area contributed by atoms with Crippen molar-refractivity contribution in [2.24, 2.45) is 5.92 Å². The van der Waals surface area contributed by atoms with Crippen molar-refractivity contribution in [3.05, 3.63) is 52.1 Å². The summed E-state index contributed by atoms with van der Waals surface area (Å²) in [6.07, 6.45) is 6.31. The van der Waals surface area contributed by atoms with E-state index in [0.717, 1.165) is 24.2 Å². The molecule has 0 radical (unpaired) electrons. The van der Waals surface area contributed by atoms with Crippen LogP contribution in [0.1, 0.15) is 45.3 Å². The largest absolute Gasteiger partial charge is 0.457 e. The van der Waals surface area contributed by atoms with Crippen molar-refractivity contribution in [3.63, 3.8) is 0 Å². The molecular weight excluding hydrogens is 410 g/mol. The lowest BCUT2D eigenvalue weighted by Crippen LogP contribution is -2.33. The average Bonchev–Trinajstić information content (AvgIpc) is 3.25. The number of halogens is 1. The first kappa shape index (κ1) is 21.2. The van der Waals surface area contributed by atoms with Gasteiger partial charge in [0.15, 0.2) is 0 Å². The Labute approximate surface area is 181 Å². The van der Waals surface area contributed by atoms with Crippen LogP contribution in [0.5, 0.6) is 0 Å². The highest BCUT2D eigenvalue weighted by molar-refractivity contribution is 8.26. The lowest BCUT2D eigenvalue weighted by atomic mass is 9.99. The number of hydrogen-bond acceptors (Lipinski definition) is 4. The third kappa shape index (κ3) is 5.07. The molecular formula is C22H24ClNO2S2. The Balaban J connectivity index is 1.73. The lowest BCUT2D eigenvalue weighted by molar-refractivity contribution is -0.122. The average molecular weight is 434 g/mol. The number of rotatable bonds is 8. The molecule has 1 unspecified atom stereocenters. The molecule has 0 aliphatic carbocycles. The molecule has 2 heterocycles. The minimum absolute atomic E-state index is 0.0225. The number of unbranched alkanes of at least 4 members (excludes halogenated alkanes) is 1. The molecule has 0 spiro atoms. The topological polar surface area (TPSA) is 33.5 Å². The number of furan rings is 1. The number of benzene rings is 1. The molecule has 1 atom stereocenters. The zero-order valence-electron chi connectivity index (χ0n) is 16.1. The lowest BCUT2D eigenvalue weighted by Gasteiger charge is -2.21. The minimum atomic E-state index is -0.0225. The van der Waals surface area contributed by atoms with Crippen molar-refractivity contribution in [2.75, 3.05) is 6.54 Å². The van der Waals surface area contributed by atoms with Crippen LogP contribution in [-0.4, -0.2) is 21.7 Å². The van der Waals surface area contributed by atoms with Crippen LogP contribution in [0, 0.1) is 5.92 Å². The van der Waals surface area contributed by atoms with E-state index in [1.54, 1.807) is 11.0 Å². The molecule has 1 aromatic carbocycles. The van der Waals surface area contributed by atoms with Gasteiger partial charge in [-0.05, 0) is 36.6 Å². The first-order valence-corrected chi connectivity index (χ1v) is 11.2. The van der Waals surface area contributed by atoms with E-state index in [1.807, 2.05) is 36.4 Å². The van der Waals surface area contributed by atoms with Crippen molar-refractivity contribution in [3.8, 4) is 11.3 Å². The molecule has 0 saturated carbocycles. The normalized spacial score (nSPS) is 17.0. The molecule has 1 aromatic heterocycles. The molecule has 28 heavy (non-hydrogen) atoms. The van der Waals surface area contributed by atoms with Gasteiger partial charge in [0.2, 0.25) is 0 Å². The zero-order chi connectivity index (χ0) is 20.1. The van der Waals surface area contributed by atoms with E-state index in [-0.39, 0.29) is 5.91 Å². The highest BCUT2D eigenvalue weighted by atomic mass is 35.5. The summed E-state index contributed by atoms with van der Waals surface area (Å²) < 4.78 is 6.53. The second kappa shape index (κ2) is 9.77. The number of nitrogens with zero attached hydrogens (tertiary/aromatic N) is 1.